The molecule has 0 amide bonds. The highest BCUT2D eigenvalue weighted by Gasteiger charge is 2.44. The fourth-order valence-electron chi connectivity index (χ4n) is 1.66. The van der Waals surface area contributed by atoms with E-state index in [1.807, 2.05) is 13.8 Å². The molecular formula is C10H15O3+. The highest BCUT2D eigenvalue weighted by molar-refractivity contribution is 6.13. The van der Waals surface area contributed by atoms with Crippen LogP contribution in [-0.4, -0.2) is 23.5 Å². The molecule has 0 aromatic heterocycles. The smallest absolute Gasteiger partial charge is 0.329 e. The van der Waals surface area contributed by atoms with Gasteiger partial charge in [0.05, 0.1) is 18.1 Å². The van der Waals surface area contributed by atoms with Crippen molar-refractivity contribution in [3.8, 4) is 0 Å². The second-order valence-corrected chi connectivity index (χ2v) is 3.99. The largest absolute Gasteiger partial charge is 0.492 e. The Morgan fingerprint density at radius 1 is 1.46 bits per heavy atom. The third-order valence-corrected chi connectivity index (χ3v) is 2.40. The zero-order valence-electron chi connectivity index (χ0n) is 8.47. The molecule has 0 bridgehead atoms. The molecule has 0 heterocycles. The summed E-state index contributed by atoms with van der Waals surface area (Å²) in [6.07, 6.45) is 0.305. The Morgan fingerprint density at radius 2 is 2.00 bits per heavy atom. The molecule has 0 atom stereocenters. The zero-order chi connectivity index (χ0) is 10.2. The molecule has 0 aromatic carbocycles. The van der Waals surface area contributed by atoms with Crippen molar-refractivity contribution in [2.45, 2.75) is 27.2 Å². The second-order valence-electron chi connectivity index (χ2n) is 3.99. The third-order valence-electron chi connectivity index (χ3n) is 2.40. The summed E-state index contributed by atoms with van der Waals surface area (Å²) in [5.74, 6) is 0.503. The summed E-state index contributed by atoms with van der Waals surface area (Å²) < 4.78 is 4.93. The second kappa shape index (κ2) is 2.98. The van der Waals surface area contributed by atoms with Crippen LogP contribution in [-0.2, 0) is 9.53 Å². The number of rotatable bonds is 1. The molecule has 0 radical (unpaired) electrons. The lowest BCUT2D eigenvalue weighted by atomic mass is 9.75. The molecule has 0 aromatic rings. The van der Waals surface area contributed by atoms with Crippen LogP contribution in [0.3, 0.4) is 0 Å². The number of carbonyl (C=O) groups is 1. The van der Waals surface area contributed by atoms with Crippen LogP contribution in [0.25, 0.3) is 0 Å². The number of ether oxygens (including phenoxy) is 1. The first-order valence-corrected chi connectivity index (χ1v) is 4.25. The third kappa shape index (κ3) is 1.50. The van der Waals surface area contributed by atoms with Gasteiger partial charge in [0.25, 0.3) is 0 Å². The number of Topliss-reactive ketones (excluding diaryl/α,β-unsaturated/α-hetero) is 1. The number of methoxy groups -OCH3 is 1. The number of allylic oxidation sites excluding steroid dienone is 2. The van der Waals surface area contributed by atoms with E-state index in [2.05, 4.69) is 0 Å². The molecule has 1 rings (SSSR count). The van der Waals surface area contributed by atoms with E-state index in [-0.39, 0.29) is 17.3 Å². The van der Waals surface area contributed by atoms with Gasteiger partial charge in [0, 0.05) is 6.42 Å². The van der Waals surface area contributed by atoms with E-state index in [0.29, 0.717) is 12.0 Å². The van der Waals surface area contributed by atoms with Crippen molar-refractivity contribution in [3.05, 3.63) is 11.3 Å². The fourth-order valence-corrected chi connectivity index (χ4v) is 1.66. The van der Waals surface area contributed by atoms with Crippen LogP contribution in [0.15, 0.2) is 11.3 Å². The van der Waals surface area contributed by atoms with Crippen molar-refractivity contribution in [1.82, 2.24) is 0 Å². The van der Waals surface area contributed by atoms with Crippen LogP contribution < -0.4 is 0 Å². The van der Waals surface area contributed by atoms with E-state index in [4.69, 9.17) is 4.74 Å². The van der Waals surface area contributed by atoms with Gasteiger partial charge in [0.2, 0.25) is 0 Å². The minimum atomic E-state index is -0.455. The van der Waals surface area contributed by atoms with Gasteiger partial charge in [-0.2, -0.15) is 0 Å². The normalized spacial score (nSPS) is 22.2. The molecular weight excluding hydrogens is 168 g/mol. The molecule has 72 valence electrons. The highest BCUT2D eigenvalue weighted by atomic mass is 16.5. The maximum Gasteiger partial charge on any atom is 0.329 e. The van der Waals surface area contributed by atoms with Gasteiger partial charge in [-0.3, -0.25) is 9.59 Å². The van der Waals surface area contributed by atoms with E-state index >= 15 is 0 Å². The van der Waals surface area contributed by atoms with Crippen LogP contribution >= 0.6 is 0 Å². The van der Waals surface area contributed by atoms with Crippen molar-refractivity contribution in [2.24, 2.45) is 5.41 Å². The lowest BCUT2D eigenvalue weighted by Gasteiger charge is -2.24. The van der Waals surface area contributed by atoms with E-state index in [1.165, 1.54) is 7.11 Å². The average Bonchev–Trinajstić information content (AvgIpc) is 2.01. The monoisotopic (exact) mass is 183 g/mol. The van der Waals surface area contributed by atoms with E-state index in [0.717, 1.165) is 0 Å². The maximum atomic E-state index is 11.5. The highest BCUT2D eigenvalue weighted by Crippen LogP contribution is 2.33. The SMILES string of the molecule is COC1=C(C)C(=[OH+])C(C)(C)CC1=O. The Bertz CT molecular complexity index is 297. The van der Waals surface area contributed by atoms with Crippen LogP contribution in [0.5, 0.6) is 0 Å². The van der Waals surface area contributed by atoms with Crippen molar-refractivity contribution in [1.29, 1.82) is 0 Å². The molecule has 0 saturated carbocycles. The molecule has 3 nitrogen and oxygen atoms in total. The van der Waals surface area contributed by atoms with E-state index in [9.17, 15) is 9.59 Å². The number of hydrogen-bond acceptors (Lipinski definition) is 2. The molecule has 3 heteroatoms. The summed E-state index contributed by atoms with van der Waals surface area (Å²) >= 11 is 0. The Kier molecular flexibility index (Phi) is 2.28. The number of ketones is 2. The Hall–Kier alpha value is -1.12. The molecule has 13 heavy (non-hydrogen) atoms. The van der Waals surface area contributed by atoms with Crippen LogP contribution in [0, 0.1) is 5.41 Å². The summed E-state index contributed by atoms with van der Waals surface area (Å²) in [7, 11) is 1.45. The minimum absolute atomic E-state index is 0.0391. The van der Waals surface area contributed by atoms with Gasteiger partial charge in [-0.15, -0.1) is 0 Å². The number of carbonyl (C=O) groups excluding carboxylic acids is 2. The van der Waals surface area contributed by atoms with Gasteiger partial charge in [-0.25, -0.2) is 0 Å². The predicted molar refractivity (Wildman–Crippen MR) is 50.1 cm³/mol. The first kappa shape index (κ1) is 9.96. The van der Waals surface area contributed by atoms with Gasteiger partial charge in [-0.1, -0.05) is 0 Å². The topological polar surface area (TPSA) is 47.7 Å². The predicted octanol–water partition coefficient (Wildman–Crippen LogP) is 1.45. The van der Waals surface area contributed by atoms with Gasteiger partial charge < -0.3 is 4.74 Å². The molecule has 0 unspecified atom stereocenters. The van der Waals surface area contributed by atoms with Gasteiger partial charge in [0.15, 0.2) is 11.5 Å². The Labute approximate surface area is 77.8 Å². The molecule has 1 N–H and O–H groups in total. The van der Waals surface area contributed by atoms with Crippen LogP contribution in [0.1, 0.15) is 27.2 Å². The van der Waals surface area contributed by atoms with Gasteiger partial charge >= 0.3 is 5.78 Å². The minimum Gasteiger partial charge on any atom is -0.492 e. The van der Waals surface area contributed by atoms with Crippen molar-refractivity contribution < 1.29 is 14.3 Å². The van der Waals surface area contributed by atoms with Crippen LogP contribution in [0.2, 0.25) is 0 Å². The Balaban J connectivity index is 3.19. The molecule has 0 saturated heterocycles. The van der Waals surface area contributed by atoms with E-state index in [1.54, 1.807) is 6.92 Å². The molecule has 0 aliphatic heterocycles. The zero-order valence-corrected chi connectivity index (χ0v) is 8.47. The molecule has 1 aliphatic rings. The Morgan fingerprint density at radius 3 is 2.46 bits per heavy atom. The maximum absolute atomic E-state index is 11.5. The fraction of sp³-hybridized carbons (Fsp3) is 0.600. The average molecular weight is 183 g/mol. The molecule has 0 fully saturated rings. The first-order chi connectivity index (χ1) is 5.90. The molecule has 0 spiro atoms. The molecule has 1 aliphatic carbocycles. The lowest BCUT2D eigenvalue weighted by Crippen LogP contribution is -2.35. The van der Waals surface area contributed by atoms with Crippen molar-refractivity contribution >= 4 is 11.6 Å². The van der Waals surface area contributed by atoms with Gasteiger partial charge in [-0.05, 0) is 20.8 Å². The lowest BCUT2D eigenvalue weighted by molar-refractivity contribution is -0.120. The summed E-state index contributed by atoms with van der Waals surface area (Å²) in [6.45, 7) is 5.39. The van der Waals surface area contributed by atoms with E-state index < -0.39 is 5.41 Å². The standard InChI is InChI=1S/C10H14O3/c1-6-8(13-4)7(11)5-10(2,3)9(6)12/h5H2,1-4H3/p+1. The summed E-state index contributed by atoms with van der Waals surface area (Å²) in [5, 5.41) is 0. The van der Waals surface area contributed by atoms with Crippen LogP contribution in [0.4, 0.5) is 0 Å². The van der Waals surface area contributed by atoms with Gasteiger partial charge in [0.1, 0.15) is 0 Å². The quantitative estimate of drug-likeness (QED) is 0.578. The first-order valence-electron chi connectivity index (χ1n) is 4.25. The summed E-state index contributed by atoms with van der Waals surface area (Å²) in [5.41, 5.74) is 0.104. The van der Waals surface area contributed by atoms with Crippen molar-refractivity contribution in [2.75, 3.05) is 7.11 Å². The summed E-state index contributed by atoms with van der Waals surface area (Å²) in [6, 6.07) is 0. The summed E-state index contributed by atoms with van der Waals surface area (Å²) in [4.78, 5) is 21.2. The number of hydrogen-bond donors (Lipinski definition) is 0. The van der Waals surface area contributed by atoms with Crippen molar-refractivity contribution in [3.63, 3.8) is 0 Å².